The van der Waals surface area contributed by atoms with Gasteiger partial charge in [-0.25, -0.2) is 4.99 Å². The van der Waals surface area contributed by atoms with Crippen molar-refractivity contribution in [3.8, 4) is 0 Å². The van der Waals surface area contributed by atoms with Gasteiger partial charge in [-0.2, -0.15) is 0 Å². The molecule has 0 radical (unpaired) electrons. The van der Waals surface area contributed by atoms with Gasteiger partial charge in [0, 0.05) is 28.0 Å². The molecule has 5 heteroatoms. The number of hydrogen-bond donors (Lipinski definition) is 0. The fraction of sp³-hybridized carbons (Fsp3) is 0.364. The molecule has 1 atom stereocenters. The SMILES string of the molecule is CCCCC(=O)O[C@](C)(Cc1ccc(CBr)c(I)c1)N=Cc1ccccc1. The summed E-state index contributed by atoms with van der Waals surface area (Å²) < 4.78 is 7.00. The quantitative estimate of drug-likeness (QED) is 0.162. The van der Waals surface area contributed by atoms with Crippen molar-refractivity contribution in [1.29, 1.82) is 0 Å². The molecule has 0 aliphatic carbocycles. The molecule has 0 N–H and O–H groups in total. The van der Waals surface area contributed by atoms with Crippen molar-refractivity contribution in [1.82, 2.24) is 0 Å². The van der Waals surface area contributed by atoms with Crippen LogP contribution in [0.5, 0.6) is 0 Å². The number of unbranched alkanes of at least 4 members (excludes halogenated alkanes) is 1. The van der Waals surface area contributed by atoms with Gasteiger partial charge >= 0.3 is 5.97 Å². The van der Waals surface area contributed by atoms with Crippen LogP contribution in [0, 0.1) is 3.57 Å². The van der Waals surface area contributed by atoms with Crippen molar-refractivity contribution in [3.63, 3.8) is 0 Å². The van der Waals surface area contributed by atoms with Gasteiger partial charge in [0.05, 0.1) is 0 Å². The summed E-state index contributed by atoms with van der Waals surface area (Å²) in [5.41, 5.74) is 2.39. The van der Waals surface area contributed by atoms with E-state index in [0.29, 0.717) is 12.8 Å². The number of carbonyl (C=O) groups is 1. The summed E-state index contributed by atoms with van der Waals surface area (Å²) >= 11 is 5.84. The Morgan fingerprint density at radius 2 is 2.00 bits per heavy atom. The summed E-state index contributed by atoms with van der Waals surface area (Å²) in [5, 5.41) is 0.820. The Bertz CT molecular complexity index is 779. The molecule has 2 rings (SSSR count). The second-order valence-electron chi connectivity index (χ2n) is 6.66. The predicted molar refractivity (Wildman–Crippen MR) is 124 cm³/mol. The smallest absolute Gasteiger partial charge is 0.307 e. The topological polar surface area (TPSA) is 38.7 Å². The molecule has 0 amide bonds. The Morgan fingerprint density at radius 1 is 1.26 bits per heavy atom. The van der Waals surface area contributed by atoms with Crippen molar-refractivity contribution < 1.29 is 9.53 Å². The number of benzene rings is 2. The zero-order valence-corrected chi connectivity index (χ0v) is 19.5. The van der Waals surface area contributed by atoms with E-state index < -0.39 is 5.72 Å². The third-order valence-electron chi connectivity index (χ3n) is 4.15. The number of halogens is 2. The van der Waals surface area contributed by atoms with E-state index in [-0.39, 0.29) is 5.97 Å². The van der Waals surface area contributed by atoms with Crippen molar-refractivity contribution in [3.05, 3.63) is 68.8 Å². The van der Waals surface area contributed by atoms with E-state index in [1.807, 2.05) is 37.3 Å². The highest BCUT2D eigenvalue weighted by Crippen LogP contribution is 2.24. The summed E-state index contributed by atoms with van der Waals surface area (Å²) in [5.74, 6) is -0.198. The van der Waals surface area contributed by atoms with Crippen LogP contribution >= 0.6 is 38.5 Å². The highest BCUT2D eigenvalue weighted by molar-refractivity contribution is 14.1. The average molecular weight is 542 g/mol. The molecule has 0 heterocycles. The maximum absolute atomic E-state index is 12.3. The van der Waals surface area contributed by atoms with Gasteiger partial charge in [0.15, 0.2) is 0 Å². The monoisotopic (exact) mass is 541 g/mol. The molecule has 0 unspecified atom stereocenters. The fourth-order valence-corrected chi connectivity index (χ4v) is 4.45. The third-order valence-corrected chi connectivity index (χ3v) is 5.76. The first-order valence-corrected chi connectivity index (χ1v) is 11.3. The van der Waals surface area contributed by atoms with Crippen molar-refractivity contribution in [2.45, 2.75) is 50.6 Å². The number of rotatable bonds is 9. The van der Waals surface area contributed by atoms with E-state index in [2.05, 4.69) is 68.6 Å². The molecule has 144 valence electrons. The largest absolute Gasteiger partial charge is 0.437 e. The third kappa shape index (κ3) is 7.37. The normalized spacial score (nSPS) is 13.5. The van der Waals surface area contributed by atoms with Crippen LogP contribution in [0.1, 0.15) is 49.8 Å². The molecule has 3 nitrogen and oxygen atoms in total. The lowest BCUT2D eigenvalue weighted by Crippen LogP contribution is -2.32. The minimum atomic E-state index is -0.931. The first-order valence-electron chi connectivity index (χ1n) is 9.11. The van der Waals surface area contributed by atoms with Crippen LogP contribution < -0.4 is 0 Å². The zero-order chi connectivity index (χ0) is 19.7. The van der Waals surface area contributed by atoms with E-state index in [4.69, 9.17) is 4.74 Å². The average Bonchev–Trinajstić information content (AvgIpc) is 2.66. The summed E-state index contributed by atoms with van der Waals surface area (Å²) in [6, 6.07) is 16.2. The minimum Gasteiger partial charge on any atom is -0.437 e. The van der Waals surface area contributed by atoms with Crippen LogP contribution in [0.4, 0.5) is 0 Å². The van der Waals surface area contributed by atoms with E-state index >= 15 is 0 Å². The molecular weight excluding hydrogens is 517 g/mol. The van der Waals surface area contributed by atoms with Crippen molar-refractivity contribution in [2.24, 2.45) is 4.99 Å². The molecule has 0 aromatic heterocycles. The van der Waals surface area contributed by atoms with Crippen LogP contribution in [0.3, 0.4) is 0 Å². The Balaban J connectivity index is 2.23. The number of esters is 1. The standard InChI is InChI=1S/C22H25BrINO2/c1-3-4-10-21(26)27-22(2,25-16-17-8-6-5-7-9-17)14-18-11-12-19(15-23)20(24)13-18/h5-9,11-13,16H,3-4,10,14-15H2,1-2H3/t22-/m1/s1. The summed E-state index contributed by atoms with van der Waals surface area (Å²) in [6.45, 7) is 3.94. The van der Waals surface area contributed by atoms with Crippen LogP contribution in [0.25, 0.3) is 0 Å². The molecule has 0 saturated carbocycles. The lowest BCUT2D eigenvalue weighted by Gasteiger charge is -2.26. The Hall–Kier alpha value is -1.21. The molecule has 2 aromatic carbocycles. The van der Waals surface area contributed by atoms with E-state index in [9.17, 15) is 4.79 Å². The van der Waals surface area contributed by atoms with Gasteiger partial charge in [-0.3, -0.25) is 4.79 Å². The Labute approximate surface area is 183 Å². The lowest BCUT2D eigenvalue weighted by molar-refractivity contribution is -0.157. The molecule has 0 spiro atoms. The van der Waals surface area contributed by atoms with Gasteiger partial charge in [-0.05, 0) is 58.7 Å². The number of aliphatic imine (C=N–C) groups is 1. The molecule has 0 fully saturated rings. The summed E-state index contributed by atoms with van der Waals surface area (Å²) in [4.78, 5) is 16.9. The maximum atomic E-state index is 12.3. The Kier molecular flexibility index (Phi) is 8.96. The number of carbonyl (C=O) groups excluding carboxylic acids is 1. The van der Waals surface area contributed by atoms with E-state index in [0.717, 1.165) is 29.3 Å². The van der Waals surface area contributed by atoms with Gasteiger partial charge < -0.3 is 4.74 Å². The lowest BCUT2D eigenvalue weighted by atomic mass is 10.0. The first-order chi connectivity index (χ1) is 13.0. The maximum Gasteiger partial charge on any atom is 0.307 e. The molecule has 0 saturated heterocycles. The highest BCUT2D eigenvalue weighted by atomic mass is 127. The predicted octanol–water partition coefficient (Wildman–Crippen LogP) is 6.30. The molecule has 27 heavy (non-hydrogen) atoms. The number of hydrogen-bond acceptors (Lipinski definition) is 3. The highest BCUT2D eigenvalue weighted by Gasteiger charge is 2.28. The minimum absolute atomic E-state index is 0.198. The van der Waals surface area contributed by atoms with Gasteiger partial charge in [0.25, 0.3) is 0 Å². The van der Waals surface area contributed by atoms with Crippen molar-refractivity contribution in [2.75, 3.05) is 0 Å². The van der Waals surface area contributed by atoms with E-state index in [1.54, 1.807) is 6.21 Å². The second kappa shape index (κ2) is 11.0. The second-order valence-corrected chi connectivity index (χ2v) is 8.38. The fourth-order valence-electron chi connectivity index (χ4n) is 2.66. The molecule has 0 bridgehead atoms. The van der Waals surface area contributed by atoms with E-state index in [1.165, 1.54) is 9.13 Å². The van der Waals surface area contributed by atoms with Gasteiger partial charge in [-0.1, -0.05) is 71.7 Å². The Morgan fingerprint density at radius 3 is 2.63 bits per heavy atom. The molecule has 2 aromatic rings. The summed E-state index contributed by atoms with van der Waals surface area (Å²) in [7, 11) is 0. The number of ether oxygens (including phenoxy) is 1. The summed E-state index contributed by atoms with van der Waals surface area (Å²) in [6.07, 6.45) is 4.53. The first kappa shape index (κ1) is 22.1. The zero-order valence-electron chi connectivity index (χ0n) is 15.8. The van der Waals surface area contributed by atoms with Crippen LogP contribution in [0.15, 0.2) is 53.5 Å². The van der Waals surface area contributed by atoms with Gasteiger partial charge in [0.1, 0.15) is 0 Å². The van der Waals surface area contributed by atoms with Gasteiger partial charge in [0.2, 0.25) is 5.72 Å². The molecular formula is C22H25BrINO2. The van der Waals surface area contributed by atoms with Crippen LogP contribution in [-0.4, -0.2) is 17.9 Å². The molecule has 0 aliphatic rings. The van der Waals surface area contributed by atoms with Crippen LogP contribution in [0.2, 0.25) is 0 Å². The van der Waals surface area contributed by atoms with Gasteiger partial charge in [-0.15, -0.1) is 0 Å². The van der Waals surface area contributed by atoms with Crippen molar-refractivity contribution >= 4 is 50.7 Å². The number of nitrogens with zero attached hydrogens (tertiary/aromatic N) is 1. The molecule has 0 aliphatic heterocycles. The van der Waals surface area contributed by atoms with Crippen LogP contribution in [-0.2, 0) is 21.3 Å². The number of alkyl halides is 1.